The second-order valence-electron chi connectivity index (χ2n) is 34.0. The van der Waals surface area contributed by atoms with E-state index in [0.717, 1.165) is 45.5 Å². The molecule has 0 radical (unpaired) electrons. The van der Waals surface area contributed by atoms with Gasteiger partial charge in [0.05, 0.1) is 33.4 Å². The van der Waals surface area contributed by atoms with E-state index < -0.39 is 0 Å². The van der Waals surface area contributed by atoms with Crippen molar-refractivity contribution in [3.05, 3.63) is 485 Å². The van der Waals surface area contributed by atoms with E-state index in [9.17, 15) is 0 Å². The Labute approximate surface area is 746 Å². The van der Waals surface area contributed by atoms with E-state index in [1.807, 2.05) is 0 Å². The monoisotopic (exact) mass is 1640 g/mol. The third-order valence-corrected chi connectivity index (χ3v) is 26.9. The Hall–Kier alpha value is -16.9. The second kappa shape index (κ2) is 30.8. The number of anilines is 6. The van der Waals surface area contributed by atoms with Gasteiger partial charge in [-0.3, -0.25) is 0 Å². The van der Waals surface area contributed by atoms with Crippen LogP contribution in [0, 0.1) is 6.92 Å². The molecule has 0 fully saturated rings. The Morgan fingerprint density at radius 2 is 0.442 bits per heavy atom. The molecule has 0 aliphatic rings. The lowest BCUT2D eigenvalue weighted by molar-refractivity contribution is 1.17. The molecule has 0 saturated carbocycles. The molecule has 0 N–H and O–H groups in total. The summed E-state index contributed by atoms with van der Waals surface area (Å²) in [6.07, 6.45) is 0. The normalized spacial score (nSPS) is 11.8. The first kappa shape index (κ1) is 74.7. The van der Waals surface area contributed by atoms with E-state index in [1.54, 1.807) is 0 Å². The van der Waals surface area contributed by atoms with Crippen LogP contribution < -0.4 is 9.80 Å². The molecule has 2 heterocycles. The van der Waals surface area contributed by atoms with Gasteiger partial charge in [-0.2, -0.15) is 0 Å². The van der Waals surface area contributed by atoms with Gasteiger partial charge in [-0.05, 0) is 241 Å². The van der Waals surface area contributed by atoms with Gasteiger partial charge in [0.2, 0.25) is 0 Å². The molecule has 0 atom stereocenters. The number of hydrogen-bond donors (Lipinski definition) is 0. The highest BCUT2D eigenvalue weighted by atomic mass is 15.2. The number of nitrogens with zero attached hydrogens (tertiary/aromatic N) is 4. The highest BCUT2D eigenvalue weighted by Gasteiger charge is 2.30. The predicted octanol–water partition coefficient (Wildman–Crippen LogP) is 35.0. The zero-order valence-corrected chi connectivity index (χ0v) is 70.9. The summed E-state index contributed by atoms with van der Waals surface area (Å²) < 4.78 is 4.78. The van der Waals surface area contributed by atoms with Crippen LogP contribution in [0.3, 0.4) is 0 Å². The van der Waals surface area contributed by atoms with E-state index in [4.69, 9.17) is 0 Å². The fraction of sp³-hybridized carbons (Fsp3) is 0.00800. The lowest BCUT2D eigenvalue weighted by atomic mass is 9.82. The second-order valence-corrected chi connectivity index (χ2v) is 34.0. The summed E-state index contributed by atoms with van der Waals surface area (Å²) in [5.41, 5.74) is 25.1. The molecule has 26 rings (SSSR count). The number of hydrogen-bond acceptors (Lipinski definition) is 2. The van der Waals surface area contributed by atoms with Gasteiger partial charge in [0, 0.05) is 77.2 Å². The van der Waals surface area contributed by atoms with Gasteiger partial charge in [0.15, 0.2) is 0 Å². The van der Waals surface area contributed by atoms with Crippen molar-refractivity contribution in [2.75, 3.05) is 9.80 Å². The zero-order valence-electron chi connectivity index (χ0n) is 70.9. The molecule has 0 amide bonds. The molecule has 4 heteroatoms. The molecule has 0 bridgehead atoms. The van der Waals surface area contributed by atoms with E-state index in [0.29, 0.717) is 0 Å². The van der Waals surface area contributed by atoms with E-state index in [2.05, 4.69) is 505 Å². The summed E-state index contributed by atoms with van der Waals surface area (Å²) in [5.74, 6) is 0. The largest absolute Gasteiger partial charge is 0.309 e. The summed E-state index contributed by atoms with van der Waals surface area (Å²) in [4.78, 5) is 4.93. The van der Waals surface area contributed by atoms with E-state index in [1.165, 1.54) is 201 Å². The van der Waals surface area contributed by atoms with Crippen molar-refractivity contribution in [1.29, 1.82) is 0 Å². The fourth-order valence-corrected chi connectivity index (χ4v) is 21.5. The van der Waals surface area contributed by atoms with Crippen molar-refractivity contribution in [2.45, 2.75) is 6.92 Å². The number of fused-ring (bicyclic) bond motifs is 16. The maximum Gasteiger partial charge on any atom is 0.0618 e. The molecule has 0 unspecified atom stereocenters. The first-order valence-electron chi connectivity index (χ1n) is 44.6. The molecule has 0 saturated heterocycles. The molecule has 129 heavy (non-hydrogen) atoms. The van der Waals surface area contributed by atoms with Gasteiger partial charge in [-0.25, -0.2) is 0 Å². The zero-order chi connectivity index (χ0) is 85.2. The van der Waals surface area contributed by atoms with Crippen LogP contribution in [0.5, 0.6) is 0 Å². The Morgan fingerprint density at radius 3 is 0.837 bits per heavy atom. The summed E-state index contributed by atoms with van der Waals surface area (Å²) in [5, 5.41) is 29.7. The van der Waals surface area contributed by atoms with Gasteiger partial charge in [0.1, 0.15) is 0 Å². The minimum atomic E-state index is 1.09. The minimum Gasteiger partial charge on any atom is -0.309 e. The van der Waals surface area contributed by atoms with Crippen molar-refractivity contribution >= 4 is 185 Å². The number of aryl methyl sites for hydroxylation is 1. The summed E-state index contributed by atoms with van der Waals surface area (Å²) in [6, 6.07) is 176. The summed E-state index contributed by atoms with van der Waals surface area (Å²) >= 11 is 0. The number of rotatable bonds is 12. The average Bonchev–Trinajstić information content (AvgIpc) is 1.20. The standard InChI is InChI=1S/C63H42N2.C62H40N2/c1-41-31-38-54-57(39-41)62(51-24-8-7-23-50(51)60(54)44-33-32-42-17-5-6-18-43(42)40-44)61-52-25-9-11-27-55(52)63(56-28-12-10-26-53(56)61)64(45-19-3-2-4-20-45)46-34-36-47(37-35-46)65-58-29-15-13-21-48(58)49-22-14-16-30-59(49)65;1-2-21-42(22-3-1)63(43-37-39-44(40-38-43)64-57-35-16-14-24-46(57)47-25-15-17-36-58(47)64)62-55-32-12-10-30-53(55)61(54-31-11-13-33-56(54)62)60-51-28-8-6-26-49(51)59(50-27-7-9-29-52(50)60)48-34-18-20-41-19-4-5-23-45(41)48/h2-40H,1H3;1-40H. The molecule has 4 nitrogen and oxygen atoms in total. The summed E-state index contributed by atoms with van der Waals surface area (Å²) in [6.45, 7) is 2.22. The molecule has 26 aromatic rings. The first-order chi connectivity index (χ1) is 64.0. The van der Waals surface area contributed by atoms with Crippen LogP contribution in [0.4, 0.5) is 34.1 Å². The smallest absolute Gasteiger partial charge is 0.0618 e. The Bertz CT molecular complexity index is 8730. The van der Waals surface area contributed by atoms with E-state index in [-0.39, 0.29) is 0 Å². The lowest BCUT2D eigenvalue weighted by Crippen LogP contribution is -2.11. The maximum atomic E-state index is 2.47. The van der Waals surface area contributed by atoms with Crippen LogP contribution in [0.2, 0.25) is 0 Å². The van der Waals surface area contributed by atoms with Gasteiger partial charge in [-0.1, -0.05) is 382 Å². The highest BCUT2D eigenvalue weighted by Crippen LogP contribution is 2.56. The maximum absolute atomic E-state index is 2.47. The molecule has 0 spiro atoms. The third-order valence-electron chi connectivity index (χ3n) is 26.9. The van der Waals surface area contributed by atoms with Gasteiger partial charge in [-0.15, -0.1) is 0 Å². The van der Waals surface area contributed by atoms with Crippen molar-refractivity contribution < 1.29 is 0 Å². The number of para-hydroxylation sites is 6. The predicted molar refractivity (Wildman–Crippen MR) is 552 cm³/mol. The van der Waals surface area contributed by atoms with Crippen molar-refractivity contribution in [2.24, 2.45) is 0 Å². The Kier molecular flexibility index (Phi) is 17.8. The van der Waals surface area contributed by atoms with Crippen LogP contribution in [0.15, 0.2) is 479 Å². The highest BCUT2D eigenvalue weighted by molar-refractivity contribution is 6.33. The SMILES string of the molecule is Cc1ccc2c(-c3ccc4ccccc4c3)c3ccccc3c(-c3c4ccccc4c(N(c4ccccc4)c4ccc(-n5c6ccccc6c6ccccc65)cc4)c4ccccc34)c2c1.c1ccc(N(c2ccc(-n3c4ccccc4c4ccccc43)cc2)c2c3ccccc3c(-c3c4ccccc4c(-c4cccc5ccccc45)c4ccccc34)c3ccccc23)cc1. The van der Waals surface area contributed by atoms with Crippen molar-refractivity contribution in [1.82, 2.24) is 9.13 Å². The Morgan fingerprint density at radius 1 is 0.163 bits per heavy atom. The molecule has 2 aromatic heterocycles. The van der Waals surface area contributed by atoms with Crippen molar-refractivity contribution in [3.8, 4) is 55.9 Å². The lowest BCUT2D eigenvalue weighted by Gasteiger charge is -2.30. The molecule has 0 aliphatic heterocycles. The first-order valence-corrected chi connectivity index (χ1v) is 44.6. The molecule has 602 valence electrons. The van der Waals surface area contributed by atoms with Gasteiger partial charge >= 0.3 is 0 Å². The molecule has 24 aromatic carbocycles. The molecular formula is C125H82N4. The van der Waals surface area contributed by atoms with Crippen LogP contribution in [-0.2, 0) is 0 Å². The summed E-state index contributed by atoms with van der Waals surface area (Å²) in [7, 11) is 0. The van der Waals surface area contributed by atoms with Crippen LogP contribution >= 0.6 is 0 Å². The van der Waals surface area contributed by atoms with E-state index >= 15 is 0 Å². The van der Waals surface area contributed by atoms with Gasteiger partial charge in [0.25, 0.3) is 0 Å². The number of aromatic nitrogens is 2. The topological polar surface area (TPSA) is 16.3 Å². The van der Waals surface area contributed by atoms with Crippen LogP contribution in [0.25, 0.3) is 207 Å². The number of benzene rings is 24. The minimum absolute atomic E-state index is 1.09. The Balaban J connectivity index is 0.000000140. The van der Waals surface area contributed by atoms with Crippen molar-refractivity contribution in [3.63, 3.8) is 0 Å². The molecule has 0 aliphatic carbocycles. The van der Waals surface area contributed by atoms with Crippen LogP contribution in [0.1, 0.15) is 5.56 Å². The van der Waals surface area contributed by atoms with Gasteiger partial charge < -0.3 is 18.9 Å². The fourth-order valence-electron chi connectivity index (χ4n) is 21.5. The van der Waals surface area contributed by atoms with Crippen LogP contribution in [-0.4, -0.2) is 9.13 Å². The molecular weight excluding hydrogens is 1560 g/mol. The average molecular weight is 1640 g/mol. The third kappa shape index (κ3) is 12.1. The quantitative estimate of drug-likeness (QED) is 0.113.